The average Bonchev–Trinajstić information content (AvgIpc) is 2.69. The van der Waals surface area contributed by atoms with Crippen molar-refractivity contribution in [3.63, 3.8) is 0 Å². The van der Waals surface area contributed by atoms with E-state index in [1.807, 2.05) is 19.0 Å². The highest BCUT2D eigenvalue weighted by atomic mass is 32.2. The minimum atomic E-state index is -0.343. The molecule has 1 fully saturated rings. The van der Waals surface area contributed by atoms with Gasteiger partial charge in [0.25, 0.3) is 0 Å². The van der Waals surface area contributed by atoms with Crippen molar-refractivity contribution in [2.24, 2.45) is 4.99 Å². The molecule has 17 heavy (non-hydrogen) atoms. The third kappa shape index (κ3) is 3.13. The summed E-state index contributed by atoms with van der Waals surface area (Å²) in [6, 6.07) is -0.106. The summed E-state index contributed by atoms with van der Waals surface area (Å²) in [4.78, 5) is 17.1. The fourth-order valence-corrected chi connectivity index (χ4v) is 2.49. The quantitative estimate of drug-likeness (QED) is 0.670. The minimum absolute atomic E-state index is 0.0887. The zero-order chi connectivity index (χ0) is 12.4. The first-order valence-electron chi connectivity index (χ1n) is 5.28. The molecule has 6 heteroatoms. The number of esters is 1. The Balaban J connectivity index is 1.84. The third-order valence-electron chi connectivity index (χ3n) is 2.24. The van der Waals surface area contributed by atoms with Crippen LogP contribution in [0.1, 0.15) is 6.92 Å². The van der Waals surface area contributed by atoms with Crippen LogP contribution < -0.4 is 0 Å². The number of aliphatic imine (C=N–C) groups is 1. The maximum atomic E-state index is 10.7. The van der Waals surface area contributed by atoms with Gasteiger partial charge in [0.15, 0.2) is 5.17 Å². The summed E-state index contributed by atoms with van der Waals surface area (Å²) in [6.45, 7) is 1.56. The molecule has 0 aromatic rings. The first-order valence-corrected chi connectivity index (χ1v) is 6.16. The number of nitrogens with zero attached hydrogens (tertiary/aromatic N) is 2. The molecule has 4 radical (unpaired) electrons. The number of hydrogen-bond acceptors (Lipinski definition) is 6. The molecule has 0 N–H and O–H groups in total. The van der Waals surface area contributed by atoms with Crippen LogP contribution in [-0.2, 0) is 14.3 Å². The Morgan fingerprint density at radius 2 is 2.35 bits per heavy atom. The summed E-state index contributed by atoms with van der Waals surface area (Å²) in [5.74, 6) is -0.318. The lowest BCUT2D eigenvalue weighted by Gasteiger charge is -2.28. The van der Waals surface area contributed by atoms with Crippen LogP contribution in [0.15, 0.2) is 4.99 Å². The first kappa shape index (κ1) is 12.7. The van der Waals surface area contributed by atoms with Crippen LogP contribution in [0.25, 0.3) is 0 Å². The van der Waals surface area contributed by atoms with Gasteiger partial charge in [-0.05, 0) is 0 Å². The molecule has 1 saturated heterocycles. The predicted octanol–water partition coefficient (Wildman–Crippen LogP) is 0.470. The maximum Gasteiger partial charge on any atom is 0.302 e. The summed E-state index contributed by atoms with van der Waals surface area (Å²) in [5, 5.41) is 0.919. The molecule has 2 heterocycles. The fourth-order valence-electron chi connectivity index (χ4n) is 1.45. The molecule has 0 bridgehead atoms. The Morgan fingerprint density at radius 3 is 3.00 bits per heavy atom. The SMILES string of the molecule is CC(=O)OCC1[C][C]C2N=C(N(C)C)SC2O1. The molecule has 0 aliphatic carbocycles. The van der Waals surface area contributed by atoms with E-state index in [-0.39, 0.29) is 30.2 Å². The molecule has 2 aliphatic rings. The minimum Gasteiger partial charge on any atom is -0.463 e. The van der Waals surface area contributed by atoms with Crippen molar-refractivity contribution >= 4 is 22.9 Å². The number of hydrogen-bond donors (Lipinski definition) is 0. The molecule has 0 aromatic heterocycles. The van der Waals surface area contributed by atoms with Gasteiger partial charge in [0.2, 0.25) is 0 Å². The Kier molecular flexibility index (Phi) is 3.93. The molecule has 0 saturated carbocycles. The largest absolute Gasteiger partial charge is 0.463 e. The second-order valence-corrected chi connectivity index (χ2v) is 5.02. The van der Waals surface area contributed by atoms with Gasteiger partial charge >= 0.3 is 5.97 Å². The summed E-state index contributed by atoms with van der Waals surface area (Å²) in [5.41, 5.74) is -0.0887. The Morgan fingerprint density at radius 1 is 1.59 bits per heavy atom. The molecular formula is C11H14N2O3S. The lowest BCUT2D eigenvalue weighted by atomic mass is 10.1. The molecule has 3 atom stereocenters. The van der Waals surface area contributed by atoms with Gasteiger partial charge in [-0.2, -0.15) is 0 Å². The zero-order valence-electron chi connectivity index (χ0n) is 9.97. The van der Waals surface area contributed by atoms with Crippen molar-refractivity contribution in [2.75, 3.05) is 20.7 Å². The van der Waals surface area contributed by atoms with Gasteiger partial charge in [-0.1, -0.05) is 11.8 Å². The second-order valence-electron chi connectivity index (χ2n) is 3.95. The van der Waals surface area contributed by atoms with E-state index in [4.69, 9.17) is 9.47 Å². The van der Waals surface area contributed by atoms with Gasteiger partial charge in [0, 0.05) is 33.9 Å². The van der Waals surface area contributed by atoms with Crippen LogP contribution in [-0.4, -0.2) is 54.3 Å². The number of fused-ring (bicyclic) bond motifs is 1. The number of rotatable bonds is 2. The van der Waals surface area contributed by atoms with Crippen LogP contribution in [0, 0.1) is 12.8 Å². The molecule has 0 aromatic carbocycles. The monoisotopic (exact) mass is 254 g/mol. The summed E-state index contributed by atoms with van der Waals surface area (Å²) >= 11 is 1.55. The van der Waals surface area contributed by atoms with Gasteiger partial charge in [-0.15, -0.1) is 0 Å². The van der Waals surface area contributed by atoms with Crippen LogP contribution in [0.3, 0.4) is 0 Å². The number of carbonyl (C=O) groups excluding carboxylic acids is 1. The van der Waals surface area contributed by atoms with Crippen LogP contribution in [0.4, 0.5) is 0 Å². The Bertz CT molecular complexity index is 333. The van der Waals surface area contributed by atoms with Crippen molar-refractivity contribution in [1.82, 2.24) is 4.90 Å². The molecule has 2 aliphatic heterocycles. The van der Waals surface area contributed by atoms with Crippen molar-refractivity contribution in [2.45, 2.75) is 24.5 Å². The van der Waals surface area contributed by atoms with E-state index in [2.05, 4.69) is 17.8 Å². The second kappa shape index (κ2) is 5.27. The van der Waals surface area contributed by atoms with Gasteiger partial charge in [0.1, 0.15) is 18.1 Å². The number of ether oxygens (including phenoxy) is 2. The van der Waals surface area contributed by atoms with Gasteiger partial charge in [-0.25, -0.2) is 0 Å². The van der Waals surface area contributed by atoms with E-state index in [1.165, 1.54) is 6.92 Å². The molecular weight excluding hydrogens is 240 g/mol. The van der Waals surface area contributed by atoms with E-state index in [1.54, 1.807) is 11.8 Å². The third-order valence-corrected chi connectivity index (χ3v) is 3.52. The number of carbonyl (C=O) groups is 1. The van der Waals surface area contributed by atoms with Crippen molar-refractivity contribution in [3.8, 4) is 0 Å². The van der Waals surface area contributed by atoms with E-state index in [9.17, 15) is 4.79 Å². The average molecular weight is 254 g/mol. The van der Waals surface area contributed by atoms with Crippen molar-refractivity contribution < 1.29 is 14.3 Å². The standard InChI is InChI=1S/C11H14N2O3S/c1-7(14)15-6-8-4-5-9-10(16-8)17-11(12-9)13(2)3/h8-10H,6H2,1-3H3. The Hall–Kier alpha value is -0.750. The van der Waals surface area contributed by atoms with E-state index < -0.39 is 0 Å². The van der Waals surface area contributed by atoms with Gasteiger partial charge in [0.05, 0.1) is 6.04 Å². The van der Waals surface area contributed by atoms with Crippen molar-refractivity contribution in [3.05, 3.63) is 12.8 Å². The molecule has 92 valence electrons. The smallest absolute Gasteiger partial charge is 0.302 e. The molecule has 5 nitrogen and oxygen atoms in total. The highest BCUT2D eigenvalue weighted by Gasteiger charge is 2.38. The lowest BCUT2D eigenvalue weighted by molar-refractivity contribution is -0.145. The molecule has 0 spiro atoms. The molecule has 0 amide bonds. The fraction of sp³-hybridized carbons (Fsp3) is 0.636. The summed E-state index contributed by atoms with van der Waals surface area (Å²) in [6.07, 6.45) is 5.61. The highest BCUT2D eigenvalue weighted by Crippen LogP contribution is 2.35. The normalized spacial score (nSPS) is 31.7. The van der Waals surface area contributed by atoms with Crippen molar-refractivity contribution in [1.29, 1.82) is 0 Å². The maximum absolute atomic E-state index is 10.7. The summed E-state index contributed by atoms with van der Waals surface area (Å²) < 4.78 is 10.6. The van der Waals surface area contributed by atoms with Crippen LogP contribution in [0.2, 0.25) is 0 Å². The van der Waals surface area contributed by atoms with E-state index in [0.29, 0.717) is 0 Å². The molecule has 2 rings (SSSR count). The zero-order valence-corrected chi connectivity index (χ0v) is 10.8. The van der Waals surface area contributed by atoms with E-state index >= 15 is 0 Å². The first-order chi connectivity index (χ1) is 8.06. The number of thioether (sulfide) groups is 1. The predicted molar refractivity (Wildman–Crippen MR) is 64.3 cm³/mol. The topological polar surface area (TPSA) is 51.1 Å². The van der Waals surface area contributed by atoms with E-state index in [0.717, 1.165) is 5.17 Å². The lowest BCUT2D eigenvalue weighted by Crippen LogP contribution is -2.37. The van der Waals surface area contributed by atoms with Crippen LogP contribution >= 0.6 is 11.8 Å². The van der Waals surface area contributed by atoms with Gasteiger partial charge < -0.3 is 14.4 Å². The number of amidine groups is 1. The molecule has 3 unspecified atom stereocenters. The van der Waals surface area contributed by atoms with Gasteiger partial charge in [-0.3, -0.25) is 9.79 Å². The van der Waals surface area contributed by atoms with Crippen LogP contribution in [0.5, 0.6) is 0 Å². The summed E-state index contributed by atoms with van der Waals surface area (Å²) in [7, 11) is 3.87. The Labute approximate surface area is 106 Å². The highest BCUT2D eigenvalue weighted by molar-refractivity contribution is 8.14.